The normalized spacial score (nSPS) is 20.7. The maximum Gasteiger partial charge on any atom is 0.226 e. The molecule has 1 aliphatic carbocycles. The molecule has 1 aromatic heterocycles. The summed E-state index contributed by atoms with van der Waals surface area (Å²) in [7, 11) is 1.64. The van der Waals surface area contributed by atoms with Crippen molar-refractivity contribution in [2.75, 3.05) is 12.4 Å². The number of aromatic hydroxyl groups is 1. The highest BCUT2D eigenvalue weighted by Crippen LogP contribution is 2.44. The molecule has 2 N–H and O–H groups in total. The van der Waals surface area contributed by atoms with E-state index < -0.39 is 6.04 Å². The van der Waals surface area contributed by atoms with E-state index >= 15 is 0 Å². The first-order valence-electron chi connectivity index (χ1n) is 9.49. The van der Waals surface area contributed by atoms with E-state index in [2.05, 4.69) is 15.4 Å². The average Bonchev–Trinajstić information content (AvgIpc) is 3.20. The number of fused-ring (bicyclic) bond motifs is 1. The van der Waals surface area contributed by atoms with Crippen LogP contribution in [0.3, 0.4) is 0 Å². The molecule has 2 heterocycles. The molecule has 0 radical (unpaired) electrons. The Morgan fingerprint density at radius 2 is 1.97 bits per heavy atom. The highest BCUT2D eigenvalue weighted by Gasteiger charge is 2.39. The van der Waals surface area contributed by atoms with Gasteiger partial charge in [-0.1, -0.05) is 24.3 Å². The minimum absolute atomic E-state index is 0.0778. The number of phenolic OH excluding ortho intramolecular Hbond substituents is 1. The summed E-state index contributed by atoms with van der Waals surface area (Å²) < 4.78 is 6.95. The fourth-order valence-electron chi connectivity index (χ4n) is 4.27. The number of aromatic nitrogens is 3. The van der Waals surface area contributed by atoms with E-state index in [-0.39, 0.29) is 17.5 Å². The molecule has 0 fully saturated rings. The standard InChI is InChI=1S/C22H20N4O3/c1-29-17-7-5-13(6-8-17)15-10-18-20(19(28)11-15)21(14-3-2-4-16(27)9-14)26-22(25-18)23-12-24-26/h2-9,12,15,21,27H,10-11H2,1H3,(H,23,24,25)/t15-,21-/m0/s1. The molecule has 0 bridgehead atoms. The Labute approximate surface area is 167 Å². The number of phenols is 1. The first kappa shape index (κ1) is 17.5. The van der Waals surface area contributed by atoms with Gasteiger partial charge >= 0.3 is 0 Å². The van der Waals surface area contributed by atoms with Crippen LogP contribution < -0.4 is 10.1 Å². The van der Waals surface area contributed by atoms with Gasteiger partial charge in [-0.3, -0.25) is 4.79 Å². The lowest BCUT2D eigenvalue weighted by Gasteiger charge is -2.35. The summed E-state index contributed by atoms with van der Waals surface area (Å²) in [6.07, 6.45) is 2.60. The van der Waals surface area contributed by atoms with Crippen LogP contribution in [0, 0.1) is 0 Å². The molecular weight excluding hydrogens is 368 g/mol. The number of nitrogens with one attached hydrogen (secondary N) is 1. The molecule has 5 rings (SSSR count). The van der Waals surface area contributed by atoms with Gasteiger partial charge in [0.2, 0.25) is 5.95 Å². The van der Waals surface area contributed by atoms with Crippen LogP contribution in [0.25, 0.3) is 0 Å². The van der Waals surface area contributed by atoms with Gasteiger partial charge in [0.25, 0.3) is 0 Å². The summed E-state index contributed by atoms with van der Waals surface area (Å²) >= 11 is 0. The number of methoxy groups -OCH3 is 1. The monoisotopic (exact) mass is 388 g/mol. The Morgan fingerprint density at radius 1 is 1.14 bits per heavy atom. The molecule has 0 amide bonds. The highest BCUT2D eigenvalue weighted by atomic mass is 16.5. The summed E-state index contributed by atoms with van der Waals surface area (Å²) in [6, 6.07) is 14.4. The second-order valence-corrected chi connectivity index (χ2v) is 7.34. The fraction of sp³-hybridized carbons (Fsp3) is 0.227. The van der Waals surface area contributed by atoms with Crippen molar-refractivity contribution >= 4 is 11.7 Å². The van der Waals surface area contributed by atoms with Crippen molar-refractivity contribution < 1.29 is 14.6 Å². The molecule has 2 aliphatic rings. The third-order valence-electron chi connectivity index (χ3n) is 5.63. The second kappa shape index (κ2) is 6.77. The van der Waals surface area contributed by atoms with Crippen LogP contribution in [0.2, 0.25) is 0 Å². The van der Waals surface area contributed by atoms with Gasteiger partial charge in [0, 0.05) is 17.7 Å². The lowest BCUT2D eigenvalue weighted by molar-refractivity contribution is -0.116. The Hall–Kier alpha value is -3.61. The Balaban J connectivity index is 1.56. The number of hydrogen-bond acceptors (Lipinski definition) is 6. The van der Waals surface area contributed by atoms with E-state index in [0.29, 0.717) is 24.4 Å². The van der Waals surface area contributed by atoms with Gasteiger partial charge in [0.1, 0.15) is 23.9 Å². The number of allylic oxidation sites excluding steroid dienone is 2. The average molecular weight is 388 g/mol. The number of ketones is 1. The first-order chi connectivity index (χ1) is 14.1. The van der Waals surface area contributed by atoms with Gasteiger partial charge in [0.15, 0.2) is 5.78 Å². The Bertz CT molecular complexity index is 1120. The Morgan fingerprint density at radius 3 is 2.72 bits per heavy atom. The van der Waals surface area contributed by atoms with Crippen LogP contribution in [-0.2, 0) is 4.79 Å². The SMILES string of the molecule is COc1ccc([C@@H]2CC(=O)C3=C(C2)Nc2ncnn2[C@H]3c2cccc(O)c2)cc1. The largest absolute Gasteiger partial charge is 0.508 e. The quantitative estimate of drug-likeness (QED) is 0.715. The topological polar surface area (TPSA) is 89.3 Å². The summed E-state index contributed by atoms with van der Waals surface area (Å²) in [4.78, 5) is 17.6. The summed E-state index contributed by atoms with van der Waals surface area (Å²) in [5.41, 5.74) is 3.48. The predicted octanol–water partition coefficient (Wildman–Crippen LogP) is 3.41. The van der Waals surface area contributed by atoms with Gasteiger partial charge in [0.05, 0.1) is 7.11 Å². The zero-order chi connectivity index (χ0) is 20.0. The molecule has 3 aromatic rings. The van der Waals surface area contributed by atoms with Crippen LogP contribution in [0.15, 0.2) is 66.1 Å². The smallest absolute Gasteiger partial charge is 0.226 e. The van der Waals surface area contributed by atoms with E-state index in [4.69, 9.17) is 4.74 Å². The molecule has 1 aliphatic heterocycles. The number of nitrogens with zero attached hydrogens (tertiary/aromatic N) is 3. The summed E-state index contributed by atoms with van der Waals surface area (Å²) in [6.45, 7) is 0. The number of benzene rings is 2. The fourth-order valence-corrected chi connectivity index (χ4v) is 4.27. The van der Waals surface area contributed by atoms with Crippen molar-refractivity contribution in [1.29, 1.82) is 0 Å². The number of ether oxygens (including phenoxy) is 1. The number of carbonyl (C=O) groups excluding carboxylic acids is 1. The highest BCUT2D eigenvalue weighted by molar-refractivity contribution is 6.00. The van der Waals surface area contributed by atoms with E-state index in [0.717, 1.165) is 22.6 Å². The second-order valence-electron chi connectivity index (χ2n) is 7.34. The van der Waals surface area contributed by atoms with E-state index in [1.54, 1.807) is 30.0 Å². The molecule has 7 heteroatoms. The van der Waals surface area contributed by atoms with Crippen LogP contribution in [-0.4, -0.2) is 32.8 Å². The molecule has 0 spiro atoms. The third kappa shape index (κ3) is 2.95. The van der Waals surface area contributed by atoms with Crippen LogP contribution in [0.1, 0.15) is 35.9 Å². The van der Waals surface area contributed by atoms with Gasteiger partial charge in [-0.05, 0) is 47.7 Å². The number of Topliss-reactive ketones (excluding diaryl/α,β-unsaturated/α-hetero) is 1. The van der Waals surface area contributed by atoms with Crippen LogP contribution in [0.5, 0.6) is 11.5 Å². The van der Waals surface area contributed by atoms with E-state index in [1.807, 2.05) is 30.3 Å². The number of hydrogen-bond donors (Lipinski definition) is 2. The first-order valence-corrected chi connectivity index (χ1v) is 9.49. The molecule has 2 aromatic carbocycles. The van der Waals surface area contributed by atoms with Crippen molar-refractivity contribution in [3.05, 3.63) is 77.3 Å². The minimum Gasteiger partial charge on any atom is -0.508 e. The number of anilines is 1. The lowest BCUT2D eigenvalue weighted by Crippen LogP contribution is -2.33. The predicted molar refractivity (Wildman–Crippen MR) is 107 cm³/mol. The van der Waals surface area contributed by atoms with Crippen molar-refractivity contribution in [3.8, 4) is 11.5 Å². The maximum absolute atomic E-state index is 13.3. The molecule has 0 saturated heterocycles. The molecule has 0 unspecified atom stereocenters. The number of carbonyl (C=O) groups is 1. The molecule has 146 valence electrons. The van der Waals surface area contributed by atoms with Gasteiger partial charge in [-0.2, -0.15) is 10.1 Å². The van der Waals surface area contributed by atoms with Crippen molar-refractivity contribution in [1.82, 2.24) is 14.8 Å². The zero-order valence-corrected chi connectivity index (χ0v) is 15.9. The van der Waals surface area contributed by atoms with Gasteiger partial charge < -0.3 is 15.2 Å². The van der Waals surface area contributed by atoms with Gasteiger partial charge in [-0.25, -0.2) is 4.68 Å². The van der Waals surface area contributed by atoms with E-state index in [9.17, 15) is 9.90 Å². The minimum atomic E-state index is -0.403. The Kier molecular flexibility index (Phi) is 4.08. The molecule has 2 atom stereocenters. The summed E-state index contributed by atoms with van der Waals surface area (Å²) in [5.74, 6) is 1.71. The van der Waals surface area contributed by atoms with Crippen molar-refractivity contribution in [2.24, 2.45) is 0 Å². The van der Waals surface area contributed by atoms with Crippen molar-refractivity contribution in [2.45, 2.75) is 24.8 Å². The summed E-state index contributed by atoms with van der Waals surface area (Å²) in [5, 5.41) is 17.6. The molecule has 0 saturated carbocycles. The lowest BCUT2D eigenvalue weighted by atomic mass is 9.78. The van der Waals surface area contributed by atoms with Crippen LogP contribution in [0.4, 0.5) is 5.95 Å². The molecular formula is C22H20N4O3. The maximum atomic E-state index is 13.3. The number of rotatable bonds is 3. The van der Waals surface area contributed by atoms with Crippen molar-refractivity contribution in [3.63, 3.8) is 0 Å². The molecule has 7 nitrogen and oxygen atoms in total. The molecule has 29 heavy (non-hydrogen) atoms. The van der Waals surface area contributed by atoms with E-state index in [1.165, 1.54) is 6.33 Å². The van der Waals surface area contributed by atoms with Gasteiger partial charge in [-0.15, -0.1) is 0 Å². The third-order valence-corrected chi connectivity index (χ3v) is 5.63. The van der Waals surface area contributed by atoms with Crippen LogP contribution >= 0.6 is 0 Å². The zero-order valence-electron chi connectivity index (χ0n) is 15.9.